The van der Waals surface area contributed by atoms with E-state index in [0.717, 1.165) is 18.8 Å². The van der Waals surface area contributed by atoms with Gasteiger partial charge >= 0.3 is 0 Å². The van der Waals surface area contributed by atoms with Crippen molar-refractivity contribution in [2.24, 2.45) is 17.8 Å². The first-order valence-electron chi connectivity index (χ1n) is 5.37. The average molecular weight is 222 g/mol. The van der Waals surface area contributed by atoms with Gasteiger partial charge in [0.1, 0.15) is 0 Å². The van der Waals surface area contributed by atoms with Gasteiger partial charge in [0.2, 0.25) is 0 Å². The molecule has 3 heteroatoms. The van der Waals surface area contributed by atoms with Crippen molar-refractivity contribution in [3.8, 4) is 0 Å². The molecule has 2 unspecified atom stereocenters. The normalized spacial score (nSPS) is 32.8. The van der Waals surface area contributed by atoms with Gasteiger partial charge in [0.15, 0.2) is 5.78 Å². The lowest BCUT2D eigenvalue weighted by atomic mass is 10.1. The molecule has 0 bridgehead atoms. The molecule has 15 heavy (non-hydrogen) atoms. The smallest absolute Gasteiger partial charge is 0.167 e. The van der Waals surface area contributed by atoms with Crippen LogP contribution < -0.4 is 0 Å². The number of hydrogen-bond donors (Lipinski definition) is 0. The van der Waals surface area contributed by atoms with Crippen LogP contribution in [0.5, 0.6) is 0 Å². The van der Waals surface area contributed by atoms with Crippen LogP contribution in [0.3, 0.4) is 0 Å². The number of Topliss-reactive ketones (excluding diaryl/α,β-unsaturated/α-hetero) is 1. The van der Waals surface area contributed by atoms with E-state index in [1.54, 1.807) is 11.3 Å². The Labute approximate surface area is 93.3 Å². The van der Waals surface area contributed by atoms with Crippen LogP contribution in [0.25, 0.3) is 0 Å². The predicted molar refractivity (Wildman–Crippen MR) is 59.4 cm³/mol. The molecule has 2 aliphatic rings. The van der Waals surface area contributed by atoms with Gasteiger partial charge in [-0.2, -0.15) is 0 Å². The van der Waals surface area contributed by atoms with E-state index >= 15 is 0 Å². The number of fused-ring (bicyclic) bond motifs is 1. The summed E-state index contributed by atoms with van der Waals surface area (Å²) in [4.78, 5) is 14.6. The molecule has 2 atom stereocenters. The average Bonchev–Trinajstić information content (AvgIpc) is 2.58. The molecule has 2 fully saturated rings. The summed E-state index contributed by atoms with van der Waals surface area (Å²) >= 11 is 1.72. The molecule has 1 aromatic rings. The van der Waals surface area contributed by atoms with Crippen molar-refractivity contribution in [3.05, 3.63) is 21.4 Å². The summed E-state index contributed by atoms with van der Waals surface area (Å²) < 4.78 is 5.31. The lowest BCUT2D eigenvalue weighted by Gasteiger charge is -2.02. The van der Waals surface area contributed by atoms with Crippen molar-refractivity contribution in [1.82, 2.24) is 0 Å². The fourth-order valence-electron chi connectivity index (χ4n) is 2.68. The summed E-state index contributed by atoms with van der Waals surface area (Å²) in [5.41, 5.74) is 0.955. The molecule has 2 heterocycles. The van der Waals surface area contributed by atoms with Crippen molar-refractivity contribution >= 4 is 17.1 Å². The molecular formula is C12H14O2S. The maximum Gasteiger partial charge on any atom is 0.167 e. The standard InChI is InChI=1S/C12H14O2S/c1-6-3-8(7(2)15-6)12(13)11-9-4-14-5-10(9)11/h3,9-11H,4-5H2,1-2H3. The molecule has 0 spiro atoms. The van der Waals surface area contributed by atoms with Gasteiger partial charge in [-0.3, -0.25) is 4.79 Å². The monoisotopic (exact) mass is 222 g/mol. The molecule has 0 aromatic carbocycles. The predicted octanol–water partition coefficient (Wildman–Crippen LogP) is 2.44. The Bertz CT molecular complexity index is 411. The molecule has 0 N–H and O–H groups in total. The Morgan fingerprint density at radius 3 is 2.60 bits per heavy atom. The maximum absolute atomic E-state index is 12.2. The highest BCUT2D eigenvalue weighted by Gasteiger charge is 2.57. The largest absolute Gasteiger partial charge is 0.381 e. The maximum atomic E-state index is 12.2. The summed E-state index contributed by atoms with van der Waals surface area (Å²) in [6.45, 7) is 5.69. The Morgan fingerprint density at radius 2 is 2.07 bits per heavy atom. The highest BCUT2D eigenvalue weighted by atomic mass is 32.1. The van der Waals surface area contributed by atoms with E-state index in [9.17, 15) is 4.79 Å². The molecule has 0 radical (unpaired) electrons. The van der Waals surface area contributed by atoms with Crippen LogP contribution in [0, 0.1) is 31.6 Å². The van der Waals surface area contributed by atoms with E-state index in [4.69, 9.17) is 4.74 Å². The highest BCUT2D eigenvalue weighted by molar-refractivity contribution is 7.12. The van der Waals surface area contributed by atoms with Gasteiger partial charge < -0.3 is 4.74 Å². The van der Waals surface area contributed by atoms with Gasteiger partial charge in [0.05, 0.1) is 13.2 Å². The van der Waals surface area contributed by atoms with Crippen LogP contribution in [-0.4, -0.2) is 19.0 Å². The number of aryl methyl sites for hydroxylation is 2. The molecule has 1 aromatic heterocycles. The third kappa shape index (κ3) is 1.37. The van der Waals surface area contributed by atoms with Gasteiger partial charge in [-0.05, 0) is 31.7 Å². The summed E-state index contributed by atoms with van der Waals surface area (Å²) in [7, 11) is 0. The van der Waals surface area contributed by atoms with Crippen LogP contribution in [0.1, 0.15) is 20.1 Å². The number of rotatable bonds is 2. The molecule has 1 saturated carbocycles. The number of ketones is 1. The lowest BCUT2D eigenvalue weighted by Crippen LogP contribution is -2.10. The van der Waals surface area contributed by atoms with Crippen molar-refractivity contribution in [2.75, 3.05) is 13.2 Å². The van der Waals surface area contributed by atoms with E-state index in [-0.39, 0.29) is 5.92 Å². The number of ether oxygens (including phenoxy) is 1. The molecule has 1 saturated heterocycles. The second-order valence-corrected chi connectivity index (χ2v) is 6.04. The van der Waals surface area contributed by atoms with Crippen LogP contribution in [0.15, 0.2) is 6.07 Å². The lowest BCUT2D eigenvalue weighted by molar-refractivity contribution is 0.0893. The third-order valence-electron chi connectivity index (χ3n) is 3.56. The zero-order valence-corrected chi connectivity index (χ0v) is 9.76. The molecule has 1 aliphatic carbocycles. The Kier molecular flexibility index (Phi) is 2.01. The zero-order chi connectivity index (χ0) is 10.6. The Hall–Kier alpha value is -0.670. The molecule has 2 nitrogen and oxygen atoms in total. The number of carbonyl (C=O) groups is 1. The minimum Gasteiger partial charge on any atom is -0.381 e. The van der Waals surface area contributed by atoms with E-state index in [1.165, 1.54) is 9.75 Å². The van der Waals surface area contributed by atoms with Gasteiger partial charge in [0, 0.05) is 21.2 Å². The summed E-state index contributed by atoms with van der Waals surface area (Å²) in [5.74, 6) is 1.68. The summed E-state index contributed by atoms with van der Waals surface area (Å²) in [5, 5.41) is 0. The van der Waals surface area contributed by atoms with Crippen molar-refractivity contribution in [2.45, 2.75) is 13.8 Å². The molecule has 3 rings (SSSR count). The van der Waals surface area contributed by atoms with E-state index in [1.807, 2.05) is 13.0 Å². The molecular weight excluding hydrogens is 208 g/mol. The quantitative estimate of drug-likeness (QED) is 0.718. The van der Waals surface area contributed by atoms with Gasteiger partial charge in [-0.25, -0.2) is 0 Å². The van der Waals surface area contributed by atoms with E-state index in [0.29, 0.717) is 17.6 Å². The molecule has 80 valence electrons. The van der Waals surface area contributed by atoms with E-state index in [2.05, 4.69) is 6.92 Å². The van der Waals surface area contributed by atoms with E-state index < -0.39 is 0 Å². The minimum atomic E-state index is 0.270. The number of carbonyl (C=O) groups excluding carboxylic acids is 1. The zero-order valence-electron chi connectivity index (χ0n) is 8.95. The summed E-state index contributed by atoms with van der Waals surface area (Å²) in [6, 6.07) is 2.04. The van der Waals surface area contributed by atoms with Gasteiger partial charge in [-0.15, -0.1) is 11.3 Å². The second kappa shape index (κ2) is 3.16. The van der Waals surface area contributed by atoms with Gasteiger partial charge in [-0.1, -0.05) is 0 Å². The first kappa shape index (κ1) is 9.55. The first-order chi connectivity index (χ1) is 7.18. The summed E-state index contributed by atoms with van der Waals surface area (Å²) in [6.07, 6.45) is 0. The number of hydrogen-bond acceptors (Lipinski definition) is 3. The Morgan fingerprint density at radius 1 is 1.40 bits per heavy atom. The van der Waals surface area contributed by atoms with Crippen LogP contribution in [-0.2, 0) is 4.74 Å². The number of thiophene rings is 1. The second-order valence-electron chi connectivity index (χ2n) is 4.58. The van der Waals surface area contributed by atoms with Crippen molar-refractivity contribution < 1.29 is 9.53 Å². The van der Waals surface area contributed by atoms with Crippen LogP contribution >= 0.6 is 11.3 Å². The van der Waals surface area contributed by atoms with Crippen molar-refractivity contribution in [1.29, 1.82) is 0 Å². The van der Waals surface area contributed by atoms with Crippen molar-refractivity contribution in [3.63, 3.8) is 0 Å². The molecule has 0 amide bonds. The van der Waals surface area contributed by atoms with Crippen LogP contribution in [0.4, 0.5) is 0 Å². The fraction of sp³-hybridized carbons (Fsp3) is 0.583. The SMILES string of the molecule is Cc1cc(C(=O)C2C3COCC32)c(C)s1. The minimum absolute atomic E-state index is 0.270. The third-order valence-corrected chi connectivity index (χ3v) is 4.53. The van der Waals surface area contributed by atoms with Crippen LogP contribution in [0.2, 0.25) is 0 Å². The topological polar surface area (TPSA) is 26.3 Å². The Balaban J connectivity index is 1.84. The highest BCUT2D eigenvalue weighted by Crippen LogP contribution is 2.52. The fourth-order valence-corrected chi connectivity index (χ4v) is 3.61. The van der Waals surface area contributed by atoms with Gasteiger partial charge in [0.25, 0.3) is 0 Å². The first-order valence-corrected chi connectivity index (χ1v) is 6.19. The molecule has 1 aliphatic heterocycles.